The van der Waals surface area contributed by atoms with E-state index in [2.05, 4.69) is 4.74 Å². The second kappa shape index (κ2) is 6.45. The molecule has 0 aliphatic carbocycles. The molecule has 0 aliphatic heterocycles. The van der Waals surface area contributed by atoms with E-state index >= 15 is 0 Å². The minimum Gasteiger partial charge on any atom is -0.468 e. The molecule has 0 radical (unpaired) electrons. The summed E-state index contributed by atoms with van der Waals surface area (Å²) in [5.41, 5.74) is 0. The first-order valence-electron chi connectivity index (χ1n) is 6.50. The van der Waals surface area contributed by atoms with Crippen LogP contribution in [0.2, 0.25) is 5.02 Å². The van der Waals surface area contributed by atoms with Gasteiger partial charge in [-0.25, -0.2) is 0 Å². The summed E-state index contributed by atoms with van der Waals surface area (Å²) >= 11 is 7.66. The second-order valence-corrected chi connectivity index (χ2v) is 6.27. The number of carbonyl (C=O) groups is 2. The summed E-state index contributed by atoms with van der Waals surface area (Å²) < 4.78 is 5.60. The average molecular weight is 326 g/mol. The molecule has 4 nitrogen and oxygen atoms in total. The quantitative estimate of drug-likeness (QED) is 0.807. The van der Waals surface area contributed by atoms with E-state index in [0.717, 1.165) is 10.1 Å². The van der Waals surface area contributed by atoms with Gasteiger partial charge in [0.1, 0.15) is 11.4 Å². The van der Waals surface area contributed by atoms with E-state index in [-0.39, 0.29) is 18.5 Å². The van der Waals surface area contributed by atoms with E-state index in [1.165, 1.54) is 23.3 Å². The molecule has 2 rings (SSSR count). The van der Waals surface area contributed by atoms with Gasteiger partial charge in [-0.2, -0.15) is 0 Å². The summed E-state index contributed by atoms with van der Waals surface area (Å²) in [5.74, 6) is -0.698. The normalized spacial score (nSPS) is 10.9. The van der Waals surface area contributed by atoms with Crippen LogP contribution in [0, 0.1) is 0 Å². The van der Waals surface area contributed by atoms with Crippen LogP contribution in [0.1, 0.15) is 23.5 Å². The number of thiophene rings is 1. The Balaban J connectivity index is 2.39. The zero-order chi connectivity index (χ0) is 15.6. The van der Waals surface area contributed by atoms with Gasteiger partial charge in [-0.15, -0.1) is 11.3 Å². The molecular weight excluding hydrogens is 310 g/mol. The number of halogens is 1. The summed E-state index contributed by atoms with van der Waals surface area (Å²) in [4.78, 5) is 26.1. The average Bonchev–Trinajstić information content (AvgIpc) is 2.81. The molecule has 0 saturated heterocycles. The van der Waals surface area contributed by atoms with E-state index in [1.54, 1.807) is 0 Å². The van der Waals surface area contributed by atoms with Crippen LogP contribution in [0.3, 0.4) is 0 Å². The topological polar surface area (TPSA) is 46.6 Å². The number of rotatable bonds is 4. The predicted molar refractivity (Wildman–Crippen MR) is 85.0 cm³/mol. The molecule has 0 fully saturated rings. The maximum absolute atomic E-state index is 12.7. The lowest BCUT2D eigenvalue weighted by Crippen LogP contribution is -2.40. The third-order valence-corrected chi connectivity index (χ3v) is 4.80. The predicted octanol–water partition coefficient (Wildman–Crippen LogP) is 3.58. The Labute approximate surface area is 132 Å². The van der Waals surface area contributed by atoms with Crippen molar-refractivity contribution in [3.05, 3.63) is 34.2 Å². The number of esters is 1. The van der Waals surface area contributed by atoms with Gasteiger partial charge < -0.3 is 9.64 Å². The largest absolute Gasteiger partial charge is 0.468 e. The van der Waals surface area contributed by atoms with Gasteiger partial charge in [0.2, 0.25) is 0 Å². The van der Waals surface area contributed by atoms with Gasteiger partial charge in [0.15, 0.2) is 0 Å². The van der Waals surface area contributed by atoms with Gasteiger partial charge >= 0.3 is 5.97 Å². The van der Waals surface area contributed by atoms with Crippen LogP contribution < -0.4 is 0 Å². The van der Waals surface area contributed by atoms with Gasteiger partial charge in [0.25, 0.3) is 5.91 Å². The van der Waals surface area contributed by atoms with E-state index < -0.39 is 5.97 Å². The maximum atomic E-state index is 12.7. The molecule has 0 atom stereocenters. The number of hydrogen-bond acceptors (Lipinski definition) is 4. The number of ether oxygens (including phenoxy) is 1. The van der Waals surface area contributed by atoms with Gasteiger partial charge in [0, 0.05) is 16.1 Å². The Morgan fingerprint density at radius 3 is 2.57 bits per heavy atom. The second-order valence-electron chi connectivity index (χ2n) is 4.84. The zero-order valence-corrected chi connectivity index (χ0v) is 13.6. The van der Waals surface area contributed by atoms with Crippen LogP contribution >= 0.6 is 22.9 Å². The Kier molecular flexibility index (Phi) is 4.85. The SMILES string of the molecule is COC(=O)CN(C(=O)c1sc2ccccc2c1Cl)C(C)C. The minimum absolute atomic E-state index is 0.0857. The molecule has 1 aromatic carbocycles. The molecule has 2 aromatic rings. The number of carbonyl (C=O) groups excluding carboxylic acids is 2. The smallest absolute Gasteiger partial charge is 0.325 e. The number of amides is 1. The fourth-order valence-electron chi connectivity index (χ4n) is 1.97. The minimum atomic E-state index is -0.450. The highest BCUT2D eigenvalue weighted by molar-refractivity contribution is 7.21. The van der Waals surface area contributed by atoms with Crippen molar-refractivity contribution in [2.75, 3.05) is 13.7 Å². The highest BCUT2D eigenvalue weighted by atomic mass is 35.5. The van der Waals surface area contributed by atoms with Gasteiger partial charge in [-0.3, -0.25) is 9.59 Å². The molecule has 0 spiro atoms. The summed E-state index contributed by atoms with van der Waals surface area (Å²) in [5, 5.41) is 1.30. The highest BCUT2D eigenvalue weighted by Gasteiger charge is 2.26. The molecule has 1 aromatic heterocycles. The van der Waals surface area contributed by atoms with Crippen LogP contribution in [-0.2, 0) is 9.53 Å². The number of benzene rings is 1. The molecule has 0 aliphatic rings. The van der Waals surface area contributed by atoms with E-state index in [4.69, 9.17) is 11.6 Å². The van der Waals surface area contributed by atoms with E-state index in [9.17, 15) is 9.59 Å². The molecule has 6 heteroatoms. The van der Waals surface area contributed by atoms with Crippen molar-refractivity contribution in [2.45, 2.75) is 19.9 Å². The van der Waals surface area contributed by atoms with Crippen LogP contribution in [0.25, 0.3) is 10.1 Å². The molecule has 1 amide bonds. The highest BCUT2D eigenvalue weighted by Crippen LogP contribution is 2.36. The number of methoxy groups -OCH3 is 1. The first kappa shape index (κ1) is 15.8. The molecule has 0 N–H and O–H groups in total. The van der Waals surface area contributed by atoms with Crippen molar-refractivity contribution < 1.29 is 14.3 Å². The third-order valence-electron chi connectivity index (χ3n) is 3.14. The van der Waals surface area contributed by atoms with Crippen molar-refractivity contribution in [1.29, 1.82) is 0 Å². The molecule has 0 bridgehead atoms. The van der Waals surface area contributed by atoms with Crippen molar-refractivity contribution in [1.82, 2.24) is 4.90 Å². The van der Waals surface area contributed by atoms with Crippen LogP contribution in [0.15, 0.2) is 24.3 Å². The fourth-order valence-corrected chi connectivity index (χ4v) is 3.44. The van der Waals surface area contributed by atoms with Gasteiger partial charge in [-0.1, -0.05) is 29.8 Å². The number of fused-ring (bicyclic) bond motifs is 1. The Morgan fingerprint density at radius 2 is 2.00 bits per heavy atom. The number of hydrogen-bond donors (Lipinski definition) is 0. The van der Waals surface area contributed by atoms with E-state index in [0.29, 0.717) is 9.90 Å². The molecular formula is C15H16ClNO3S. The lowest BCUT2D eigenvalue weighted by molar-refractivity contribution is -0.141. The van der Waals surface area contributed by atoms with Crippen LogP contribution in [0.5, 0.6) is 0 Å². The summed E-state index contributed by atoms with van der Waals surface area (Å²) in [7, 11) is 1.30. The maximum Gasteiger partial charge on any atom is 0.325 e. The van der Waals surface area contributed by atoms with Crippen molar-refractivity contribution in [2.24, 2.45) is 0 Å². The Hall–Kier alpha value is -1.59. The molecule has 112 valence electrons. The molecule has 21 heavy (non-hydrogen) atoms. The fraction of sp³-hybridized carbons (Fsp3) is 0.333. The summed E-state index contributed by atoms with van der Waals surface area (Å²) in [6.45, 7) is 3.61. The van der Waals surface area contributed by atoms with Crippen molar-refractivity contribution >= 4 is 44.9 Å². The third kappa shape index (κ3) is 3.19. The van der Waals surface area contributed by atoms with Crippen molar-refractivity contribution in [3.63, 3.8) is 0 Å². The summed E-state index contributed by atoms with van der Waals surface area (Å²) in [6.07, 6.45) is 0. The van der Waals surface area contributed by atoms with Gasteiger partial charge in [0.05, 0.1) is 12.1 Å². The lowest BCUT2D eigenvalue weighted by Gasteiger charge is -2.25. The Bertz CT molecular complexity index is 681. The standard InChI is InChI=1S/C15H16ClNO3S/c1-9(2)17(8-12(18)20-3)15(19)14-13(16)10-6-4-5-7-11(10)21-14/h4-7,9H,8H2,1-3H3. The van der Waals surface area contributed by atoms with Gasteiger partial charge in [-0.05, 0) is 19.9 Å². The van der Waals surface area contributed by atoms with Crippen molar-refractivity contribution in [3.8, 4) is 0 Å². The first-order valence-corrected chi connectivity index (χ1v) is 7.70. The van der Waals surface area contributed by atoms with Crippen LogP contribution in [-0.4, -0.2) is 36.5 Å². The molecule has 0 saturated carbocycles. The number of nitrogens with zero attached hydrogens (tertiary/aromatic N) is 1. The summed E-state index contributed by atoms with van der Waals surface area (Å²) in [6, 6.07) is 7.45. The molecule has 1 heterocycles. The monoisotopic (exact) mass is 325 g/mol. The molecule has 0 unspecified atom stereocenters. The van der Waals surface area contributed by atoms with Crippen LogP contribution in [0.4, 0.5) is 0 Å². The lowest BCUT2D eigenvalue weighted by atomic mass is 10.2. The zero-order valence-electron chi connectivity index (χ0n) is 12.1. The first-order chi connectivity index (χ1) is 9.95. The Morgan fingerprint density at radius 1 is 1.33 bits per heavy atom. The van der Waals surface area contributed by atoms with E-state index in [1.807, 2.05) is 38.1 Å².